The van der Waals surface area contributed by atoms with Crippen molar-refractivity contribution in [1.29, 1.82) is 5.26 Å². The summed E-state index contributed by atoms with van der Waals surface area (Å²) in [7, 11) is 0. The number of carbonyl (C=O) groups excluding carboxylic acids is 8. The van der Waals surface area contributed by atoms with Gasteiger partial charge in [-0.05, 0) is 252 Å². The van der Waals surface area contributed by atoms with Gasteiger partial charge in [0.15, 0.2) is 0 Å². The Morgan fingerprint density at radius 2 is 0.741 bits per heavy atom. The zero-order chi connectivity index (χ0) is 105. The Labute approximate surface area is 838 Å². The van der Waals surface area contributed by atoms with Crippen molar-refractivity contribution in [3.05, 3.63) is 316 Å². The number of amides is 5. The van der Waals surface area contributed by atoms with Crippen LogP contribution in [-0.4, -0.2) is 109 Å². The van der Waals surface area contributed by atoms with E-state index >= 15 is 0 Å². The number of hydrogen-bond acceptors (Lipinski definition) is 17. The molecule has 1 aliphatic heterocycles. The number of nitrogens with one attached hydrogen (secondary N) is 4. The fourth-order valence-corrected chi connectivity index (χ4v) is 17.7. The molecule has 8 atom stereocenters. The minimum absolute atomic E-state index is 0.00819. The number of benzene rings is 4. The van der Waals surface area contributed by atoms with Crippen LogP contribution in [0.2, 0.25) is 10.0 Å². The van der Waals surface area contributed by atoms with Crippen LogP contribution in [0, 0.1) is 81.3 Å². The lowest BCUT2D eigenvalue weighted by Crippen LogP contribution is -2.52. The van der Waals surface area contributed by atoms with Gasteiger partial charge in [0.05, 0.1) is 47.8 Å². The number of rotatable bonds is 36. The number of carboxylic acids is 1. The number of carboxylic acid groups (broad SMARTS) is 1. The first kappa shape index (κ1) is 112. The van der Waals surface area contributed by atoms with Crippen molar-refractivity contribution in [3.8, 4) is 50.6 Å². The van der Waals surface area contributed by atoms with Crippen molar-refractivity contribution < 1.29 is 70.2 Å². The molecule has 0 bridgehead atoms. The molecule has 1 aliphatic rings. The summed E-state index contributed by atoms with van der Waals surface area (Å²) in [5.74, 6) is -3.65. The highest BCUT2D eigenvalue weighted by Crippen LogP contribution is 2.42. The van der Waals surface area contributed by atoms with E-state index in [1.807, 2.05) is 81.4 Å². The van der Waals surface area contributed by atoms with E-state index in [1.54, 1.807) is 136 Å². The van der Waals surface area contributed by atoms with Crippen LogP contribution >= 0.6 is 23.2 Å². The average molecular weight is 2000 g/mol. The summed E-state index contributed by atoms with van der Waals surface area (Å²) in [4.78, 5) is 171. The first-order chi connectivity index (χ1) is 67.6. The third-order valence-electron chi connectivity index (χ3n) is 23.9. The first-order valence-electron chi connectivity index (χ1n) is 47.2. The molecule has 5 amide bonds. The molecule has 26 nitrogen and oxygen atoms in total. The Morgan fingerprint density at radius 3 is 1.08 bits per heavy atom. The summed E-state index contributed by atoms with van der Waals surface area (Å²) in [6, 6.07) is 30.4. The lowest BCUT2D eigenvalue weighted by molar-refractivity contribution is -0.143. The Balaban J connectivity index is 0.000000213. The number of halogens is 7. The standard InChI is InChI=1S/C28H34F3N3O3.C28H29FN4O3.C28H32FN3O3.C26H27Cl2N3O4/c1-17(2)12-24(34-11-6-5-10-25(34)36)27(37)33-23(13-19(4)35)20-14-21(16-32-15-20)26-18(3)8-7-9-22(26)28(29,30)31;1-17(2)10-25(33-9-8-18(3)11-26(33)35)28(36)32-24(12-19(4)34)21-13-22(16-31-15-21)27-20(14-30)6-5-7-23(27)29;1-17(2)11-25(32-10-9-18(3)12-26(32)34)28(35)31-24(13-20(5)33)21-14-22(16-30-15-21)27-19(4)7-6-8-23(27)29;1-15(2)9-22(31-8-7-16(3)10-23(31)32)26(35)30-21(12-24(33)34)17-11-18(14-29-13-17)25-19(27)5-4-6-20(25)28/h7-9,14-17,23-24H,5-6,10-13H2,1-4H3,(H,33,37);5-9,11,13,15-17,24-25H,10,12H2,1-4H3,(H,32,36);6-10,12,14-17,24-25H,11,13H2,1-5H3,(H,31,35);4-8,10-11,13-15,21-22H,9,12H2,1-3H3,(H,30,35)(H,33,34)/t23-,24?;2*24-,25?;21-,22?/m0000/s1. The van der Waals surface area contributed by atoms with E-state index in [0.29, 0.717) is 104 Å². The van der Waals surface area contributed by atoms with E-state index in [0.717, 1.165) is 41.2 Å². The number of hydrogen-bond donors (Lipinski definition) is 5. The molecule has 1 saturated heterocycles. The van der Waals surface area contributed by atoms with Crippen LogP contribution in [0.4, 0.5) is 22.0 Å². The topological polar surface area (TPSA) is 367 Å². The molecular weight excluding hydrogens is 1880 g/mol. The van der Waals surface area contributed by atoms with Gasteiger partial charge in [0.1, 0.15) is 53.2 Å². The van der Waals surface area contributed by atoms with Gasteiger partial charge in [0.25, 0.3) is 16.7 Å². The lowest BCUT2D eigenvalue weighted by Gasteiger charge is -2.35. The summed E-state index contributed by atoms with van der Waals surface area (Å²) in [6.45, 7) is 29.3. The second-order valence-electron chi connectivity index (χ2n) is 37.9. The molecule has 7 aromatic heterocycles. The maximum Gasteiger partial charge on any atom is 0.417 e. The van der Waals surface area contributed by atoms with E-state index in [-0.39, 0.29) is 129 Å². The van der Waals surface area contributed by atoms with Gasteiger partial charge in [-0.2, -0.15) is 18.4 Å². The molecule has 11 aromatic rings. The highest BCUT2D eigenvalue weighted by Gasteiger charge is 2.38. The molecule has 8 heterocycles. The van der Waals surface area contributed by atoms with Gasteiger partial charge in [-0.1, -0.05) is 115 Å². The van der Waals surface area contributed by atoms with Crippen LogP contribution < -0.4 is 37.9 Å². The molecular formula is C110H122Cl2F5N13O13. The quantitative estimate of drug-likeness (QED) is 0.0228. The molecule has 0 spiro atoms. The van der Waals surface area contributed by atoms with Crippen molar-refractivity contribution >= 4 is 76.1 Å². The number of nitriles is 1. The van der Waals surface area contributed by atoms with Crippen molar-refractivity contribution in [2.24, 2.45) is 23.7 Å². The van der Waals surface area contributed by atoms with E-state index in [9.17, 15) is 89.9 Å². The number of nitrogens with zero attached hydrogens (tertiary/aromatic N) is 9. The number of aliphatic carboxylic acids is 1. The van der Waals surface area contributed by atoms with E-state index in [4.69, 9.17) is 23.2 Å². The monoisotopic (exact) mass is 2000 g/mol. The highest BCUT2D eigenvalue weighted by molar-refractivity contribution is 6.39. The average Bonchev–Trinajstić information content (AvgIpc) is 0.784. The second-order valence-corrected chi connectivity index (χ2v) is 38.7. The first-order valence-corrected chi connectivity index (χ1v) is 48.0. The fourth-order valence-electron chi connectivity index (χ4n) is 17.1. The third-order valence-corrected chi connectivity index (χ3v) is 24.5. The van der Waals surface area contributed by atoms with Gasteiger partial charge < -0.3 is 45.0 Å². The van der Waals surface area contributed by atoms with Gasteiger partial charge in [-0.25, -0.2) is 8.78 Å². The van der Waals surface area contributed by atoms with Gasteiger partial charge in [-0.3, -0.25) is 77.5 Å². The summed E-state index contributed by atoms with van der Waals surface area (Å²) in [6.07, 6.45) is 15.5. The Bertz CT molecular complexity index is 6430. The van der Waals surface area contributed by atoms with E-state index in [2.05, 4.69) is 41.2 Å². The molecule has 5 N–H and O–H groups in total. The van der Waals surface area contributed by atoms with Crippen LogP contribution in [0.5, 0.6) is 0 Å². The molecule has 12 rings (SSSR count). The number of carbonyl (C=O) groups is 9. The van der Waals surface area contributed by atoms with Crippen LogP contribution in [0.15, 0.2) is 216 Å². The molecule has 1 fully saturated rings. The molecule has 0 radical (unpaired) electrons. The fraction of sp³-hybridized carbons (Fsp3) is 0.373. The largest absolute Gasteiger partial charge is 0.481 e. The maximum absolute atomic E-state index is 14.6. The highest BCUT2D eigenvalue weighted by atomic mass is 35.5. The summed E-state index contributed by atoms with van der Waals surface area (Å²) in [5, 5.41) is 31.4. The van der Waals surface area contributed by atoms with Crippen LogP contribution in [0.1, 0.15) is 250 Å². The number of likely N-dealkylation sites (tertiary alicyclic amines) is 1. The molecule has 4 unspecified atom stereocenters. The van der Waals surface area contributed by atoms with Crippen LogP contribution in [-0.2, 0) is 49.3 Å². The molecule has 33 heteroatoms. The number of Topliss-reactive ketones (excluding diaryl/α,β-unsaturated/α-hetero) is 3. The zero-order valence-corrected chi connectivity index (χ0v) is 84.5. The van der Waals surface area contributed by atoms with E-state index in [1.165, 1.54) is 114 Å². The number of aryl methyl sites for hydroxylation is 5. The van der Waals surface area contributed by atoms with Crippen LogP contribution in [0.3, 0.4) is 0 Å². The van der Waals surface area contributed by atoms with Crippen molar-refractivity contribution in [3.63, 3.8) is 0 Å². The number of pyridine rings is 7. The normalized spacial score (nSPS) is 13.6. The molecule has 0 saturated carbocycles. The van der Waals surface area contributed by atoms with Gasteiger partial charge >= 0.3 is 12.1 Å². The summed E-state index contributed by atoms with van der Waals surface area (Å²) < 4.78 is 74.7. The van der Waals surface area contributed by atoms with Gasteiger partial charge in [0, 0.05) is 168 Å². The predicted octanol–water partition coefficient (Wildman–Crippen LogP) is 20.8. The molecule has 143 heavy (non-hydrogen) atoms. The Hall–Kier alpha value is -14.1. The Morgan fingerprint density at radius 1 is 0.420 bits per heavy atom. The predicted molar refractivity (Wildman–Crippen MR) is 540 cm³/mol. The van der Waals surface area contributed by atoms with Crippen molar-refractivity contribution in [2.75, 3.05) is 6.54 Å². The minimum Gasteiger partial charge on any atom is -0.481 e. The summed E-state index contributed by atoms with van der Waals surface area (Å²) in [5.41, 5.74) is 6.97. The Kier molecular flexibility index (Phi) is 40.9. The lowest BCUT2D eigenvalue weighted by atomic mass is 9.93. The molecule has 754 valence electrons. The smallest absolute Gasteiger partial charge is 0.417 e. The second kappa shape index (κ2) is 52.0. The van der Waals surface area contributed by atoms with Crippen molar-refractivity contribution in [1.82, 2.24) is 59.8 Å². The molecule has 0 aliphatic carbocycles. The zero-order valence-electron chi connectivity index (χ0n) is 83.0. The maximum atomic E-state index is 14.6. The summed E-state index contributed by atoms with van der Waals surface area (Å²) >= 11 is 12.7. The number of ketones is 3. The molecule has 4 aromatic carbocycles. The van der Waals surface area contributed by atoms with Gasteiger partial charge in [0.2, 0.25) is 29.5 Å². The minimum atomic E-state index is -4.56. The number of aromatic nitrogens is 7. The van der Waals surface area contributed by atoms with Crippen molar-refractivity contribution in [2.45, 2.75) is 236 Å². The number of alkyl halides is 3. The third kappa shape index (κ3) is 31.9. The van der Waals surface area contributed by atoms with E-state index < -0.39 is 83.7 Å². The number of piperidine rings is 1. The SMILES string of the molecule is CC(=O)C[C@H](NC(=O)C(CC(C)C)N1CCCCC1=O)c1cncc(-c2c(C)cccc2C(F)(F)F)c1.CC(=O)C[C@H](NC(=O)C(CC(C)C)n1ccc(C)cc1=O)c1cncc(-c2c(C)cccc2F)c1.CC(=O)C[C@H](NC(=O)C(CC(C)C)n1ccc(C)cc1=O)c1cncc(-c2c(F)cccc2C#N)c1.Cc1ccn(C(CC(C)C)C(=O)N[C@@H](CC(=O)O)c2cncc(-c3c(Cl)cccc3Cl)c2)c(=O)c1. The van der Waals surface area contributed by atoms with Gasteiger partial charge in [-0.15, -0.1) is 0 Å². The van der Waals surface area contributed by atoms with Crippen LogP contribution in [0.25, 0.3) is 44.5 Å².